The van der Waals surface area contributed by atoms with Gasteiger partial charge in [-0.1, -0.05) is 26.0 Å². The quantitative estimate of drug-likeness (QED) is 0.844. The summed E-state index contributed by atoms with van der Waals surface area (Å²) >= 11 is 1.71. The Kier molecular flexibility index (Phi) is 4.93. The van der Waals surface area contributed by atoms with Crippen LogP contribution in [0.5, 0.6) is 0 Å². The number of hydrogen-bond acceptors (Lipinski definition) is 3. The molecule has 0 saturated carbocycles. The molecule has 1 N–H and O–H groups in total. The number of ether oxygens (including phenoxy) is 1. The number of rotatable bonds is 2. The first-order valence-electron chi connectivity index (χ1n) is 5.60. The zero-order chi connectivity index (χ0) is 12.5. The molecule has 0 spiro atoms. The lowest BCUT2D eigenvalue weighted by atomic mass is 9.80. The lowest BCUT2D eigenvalue weighted by molar-refractivity contribution is 0.0387. The number of hydrogen-bond donors (Lipinski definition) is 1. The minimum Gasteiger partial charge on any atom is -0.449 e. The zero-order valence-electron chi connectivity index (χ0n) is 10.7. The van der Waals surface area contributed by atoms with E-state index < -0.39 is 0 Å². The molecule has 1 amide bonds. The molecule has 5 heteroatoms. The lowest BCUT2D eigenvalue weighted by Gasteiger charge is -2.38. The van der Waals surface area contributed by atoms with E-state index in [0.29, 0.717) is 6.61 Å². The van der Waals surface area contributed by atoms with E-state index in [2.05, 4.69) is 49.7 Å². The summed E-state index contributed by atoms with van der Waals surface area (Å²) in [4.78, 5) is 12.5. The van der Waals surface area contributed by atoms with Crippen LogP contribution in [0.2, 0.25) is 0 Å². The maximum Gasteiger partial charge on any atom is 0.407 e. The fourth-order valence-electron chi connectivity index (χ4n) is 2.02. The smallest absolute Gasteiger partial charge is 0.407 e. The number of carbonyl (C=O) groups is 1. The summed E-state index contributed by atoms with van der Waals surface area (Å²) in [5.74, 6) is 0. The Labute approximate surface area is 118 Å². The van der Waals surface area contributed by atoms with Gasteiger partial charge in [-0.15, -0.1) is 24.2 Å². The first kappa shape index (κ1) is 15.2. The molecule has 0 unspecified atom stereocenters. The fraction of sp³-hybridized carbons (Fsp3) is 0.462. The number of carbonyl (C=O) groups excluding carboxylic acids is 1. The summed E-state index contributed by atoms with van der Waals surface area (Å²) in [7, 11) is 0. The third kappa shape index (κ3) is 3.12. The summed E-state index contributed by atoms with van der Waals surface area (Å²) in [5.41, 5.74) is 1.04. The molecule has 0 radical (unpaired) electrons. The van der Waals surface area contributed by atoms with Gasteiger partial charge in [0.2, 0.25) is 0 Å². The van der Waals surface area contributed by atoms with Crippen molar-refractivity contribution in [2.24, 2.45) is 5.41 Å². The van der Waals surface area contributed by atoms with E-state index in [9.17, 15) is 4.79 Å². The molecule has 1 fully saturated rings. The molecule has 0 aromatic heterocycles. The second-order valence-corrected chi connectivity index (χ2v) is 5.79. The van der Waals surface area contributed by atoms with Gasteiger partial charge in [-0.2, -0.15) is 0 Å². The molecule has 3 nitrogen and oxygen atoms in total. The van der Waals surface area contributed by atoms with E-state index in [-0.39, 0.29) is 30.0 Å². The van der Waals surface area contributed by atoms with Crippen LogP contribution in [-0.4, -0.2) is 19.0 Å². The van der Waals surface area contributed by atoms with Crippen LogP contribution in [0.15, 0.2) is 29.2 Å². The normalized spacial score (nSPS) is 21.5. The van der Waals surface area contributed by atoms with Crippen LogP contribution >= 0.6 is 24.2 Å². The predicted octanol–water partition coefficient (Wildman–Crippen LogP) is 3.64. The molecule has 1 aliphatic heterocycles. The standard InChI is InChI=1S/C13H17NO2S.ClH/c1-13(2)8-16-12(15)14-11(13)9-4-6-10(17-3)7-5-9;/h4-7,11H,8H2,1-3H3,(H,14,15);1H/t11-;/m0./s1. The van der Waals surface area contributed by atoms with Gasteiger partial charge in [0, 0.05) is 10.3 Å². The number of thioether (sulfide) groups is 1. The van der Waals surface area contributed by atoms with Crippen molar-refractivity contribution in [2.75, 3.05) is 12.9 Å². The summed E-state index contributed by atoms with van der Waals surface area (Å²) in [6.07, 6.45) is 1.72. The molecule has 1 heterocycles. The Morgan fingerprint density at radius 1 is 1.33 bits per heavy atom. The fourth-order valence-corrected chi connectivity index (χ4v) is 2.43. The van der Waals surface area contributed by atoms with Crippen molar-refractivity contribution in [3.8, 4) is 0 Å². The van der Waals surface area contributed by atoms with Crippen LogP contribution in [0.4, 0.5) is 4.79 Å². The first-order valence-corrected chi connectivity index (χ1v) is 6.82. The molecule has 1 atom stereocenters. The van der Waals surface area contributed by atoms with Gasteiger partial charge in [0.15, 0.2) is 0 Å². The minimum atomic E-state index is -0.330. The maximum atomic E-state index is 11.3. The zero-order valence-corrected chi connectivity index (χ0v) is 12.4. The molecular weight excluding hydrogens is 270 g/mol. The van der Waals surface area contributed by atoms with Gasteiger partial charge >= 0.3 is 6.09 Å². The minimum absolute atomic E-state index is 0. The van der Waals surface area contributed by atoms with Crippen molar-refractivity contribution >= 4 is 30.3 Å². The Balaban J connectivity index is 0.00000162. The average molecular weight is 288 g/mol. The van der Waals surface area contributed by atoms with Gasteiger partial charge in [0.05, 0.1) is 6.04 Å². The van der Waals surface area contributed by atoms with Crippen LogP contribution in [0, 0.1) is 5.41 Å². The topological polar surface area (TPSA) is 38.3 Å². The second-order valence-electron chi connectivity index (χ2n) is 4.92. The summed E-state index contributed by atoms with van der Waals surface area (Å²) in [6.45, 7) is 4.65. The highest BCUT2D eigenvalue weighted by Crippen LogP contribution is 2.36. The van der Waals surface area contributed by atoms with Crippen LogP contribution in [0.1, 0.15) is 25.5 Å². The Morgan fingerprint density at radius 3 is 2.50 bits per heavy atom. The van der Waals surface area contributed by atoms with Gasteiger partial charge in [-0.25, -0.2) is 4.79 Å². The molecule has 1 aromatic rings. The molecule has 1 aliphatic rings. The van der Waals surface area contributed by atoms with Crippen LogP contribution in [0.25, 0.3) is 0 Å². The van der Waals surface area contributed by atoms with Crippen LogP contribution < -0.4 is 5.32 Å². The number of nitrogens with one attached hydrogen (secondary N) is 1. The van der Waals surface area contributed by atoms with Crippen molar-refractivity contribution in [3.63, 3.8) is 0 Å². The van der Waals surface area contributed by atoms with Gasteiger partial charge in [0.25, 0.3) is 0 Å². The van der Waals surface area contributed by atoms with Gasteiger partial charge < -0.3 is 10.1 Å². The van der Waals surface area contributed by atoms with E-state index in [1.165, 1.54) is 4.90 Å². The van der Waals surface area contributed by atoms with Crippen molar-refractivity contribution in [1.82, 2.24) is 5.32 Å². The SMILES string of the molecule is CSc1ccc([C@@H]2NC(=O)OCC2(C)C)cc1.Cl. The van der Waals surface area contributed by atoms with Gasteiger partial charge in [-0.05, 0) is 24.0 Å². The average Bonchev–Trinajstić information content (AvgIpc) is 2.33. The van der Waals surface area contributed by atoms with Crippen molar-refractivity contribution in [2.45, 2.75) is 24.8 Å². The third-order valence-electron chi connectivity index (χ3n) is 3.07. The molecule has 18 heavy (non-hydrogen) atoms. The largest absolute Gasteiger partial charge is 0.449 e. The summed E-state index contributed by atoms with van der Waals surface area (Å²) < 4.78 is 5.04. The number of benzene rings is 1. The van der Waals surface area contributed by atoms with E-state index >= 15 is 0 Å². The van der Waals surface area contributed by atoms with E-state index in [1.54, 1.807) is 11.8 Å². The van der Waals surface area contributed by atoms with E-state index in [4.69, 9.17) is 4.74 Å². The van der Waals surface area contributed by atoms with Crippen molar-refractivity contribution in [1.29, 1.82) is 0 Å². The molecule has 0 aliphatic carbocycles. The summed E-state index contributed by atoms with van der Waals surface area (Å²) in [6, 6.07) is 8.32. The molecule has 2 rings (SSSR count). The number of alkyl carbamates (subject to hydrolysis) is 1. The van der Waals surface area contributed by atoms with E-state index in [0.717, 1.165) is 5.56 Å². The number of cyclic esters (lactones) is 1. The lowest BCUT2D eigenvalue weighted by Crippen LogP contribution is -2.46. The van der Waals surface area contributed by atoms with Gasteiger partial charge in [0.1, 0.15) is 6.61 Å². The van der Waals surface area contributed by atoms with E-state index in [1.807, 2.05) is 0 Å². The van der Waals surface area contributed by atoms with Crippen molar-refractivity contribution in [3.05, 3.63) is 29.8 Å². The Morgan fingerprint density at radius 2 is 1.94 bits per heavy atom. The predicted molar refractivity (Wildman–Crippen MR) is 76.5 cm³/mol. The molecule has 1 saturated heterocycles. The maximum absolute atomic E-state index is 11.3. The second kappa shape index (κ2) is 5.85. The first-order chi connectivity index (χ1) is 8.03. The Bertz CT molecular complexity index is 420. The van der Waals surface area contributed by atoms with Crippen LogP contribution in [-0.2, 0) is 4.74 Å². The number of amides is 1. The summed E-state index contributed by atoms with van der Waals surface area (Å²) in [5, 5.41) is 2.89. The Hall–Kier alpha value is -0.870. The number of halogens is 1. The monoisotopic (exact) mass is 287 g/mol. The molecule has 100 valence electrons. The highest BCUT2D eigenvalue weighted by molar-refractivity contribution is 7.98. The van der Waals surface area contributed by atoms with Gasteiger partial charge in [-0.3, -0.25) is 0 Å². The highest BCUT2D eigenvalue weighted by Gasteiger charge is 2.37. The third-order valence-corrected chi connectivity index (χ3v) is 3.81. The molecular formula is C13H18ClNO2S. The molecule has 1 aromatic carbocycles. The van der Waals surface area contributed by atoms with Crippen LogP contribution in [0.3, 0.4) is 0 Å². The molecule has 0 bridgehead atoms. The van der Waals surface area contributed by atoms with Crippen molar-refractivity contribution < 1.29 is 9.53 Å². The highest BCUT2D eigenvalue weighted by atomic mass is 35.5.